The van der Waals surface area contributed by atoms with Crippen LogP contribution in [0.3, 0.4) is 0 Å². The molecule has 0 amide bonds. The Balaban J connectivity index is 2.96. The summed E-state index contributed by atoms with van der Waals surface area (Å²) >= 11 is 0. The van der Waals surface area contributed by atoms with Crippen molar-refractivity contribution in [2.75, 3.05) is 12.0 Å². The number of carboxylic acid groups (broad SMARTS) is 1. The average Bonchev–Trinajstić information content (AvgIpc) is 2.34. The number of hydrogen-bond acceptors (Lipinski definition) is 4. The number of rotatable bonds is 3. The van der Waals surface area contributed by atoms with Gasteiger partial charge in [-0.2, -0.15) is 0 Å². The Morgan fingerprint density at radius 2 is 2.22 bits per heavy atom. The molecule has 0 aliphatic rings. The molecule has 2 N–H and O–H groups in total. The van der Waals surface area contributed by atoms with Crippen LogP contribution in [0.1, 0.15) is 23.0 Å². The maximum atomic E-state index is 12.2. The molecule has 94 valence electrons. The SMILES string of the molecule is CCNn1c(C)c(C(=O)O)c2cnccc2c1=O. The Morgan fingerprint density at radius 3 is 2.83 bits per heavy atom. The van der Waals surface area contributed by atoms with Crippen LogP contribution >= 0.6 is 0 Å². The molecule has 2 heterocycles. The second-order valence-electron chi connectivity index (χ2n) is 3.84. The molecule has 0 aliphatic heterocycles. The van der Waals surface area contributed by atoms with Gasteiger partial charge in [0.1, 0.15) is 0 Å². The topological polar surface area (TPSA) is 84.2 Å². The van der Waals surface area contributed by atoms with E-state index in [2.05, 4.69) is 10.4 Å². The van der Waals surface area contributed by atoms with Crippen molar-refractivity contribution >= 4 is 16.7 Å². The van der Waals surface area contributed by atoms with E-state index in [1.165, 1.54) is 23.1 Å². The molecule has 0 saturated carbocycles. The molecule has 0 spiro atoms. The number of hydrogen-bond donors (Lipinski definition) is 2. The summed E-state index contributed by atoms with van der Waals surface area (Å²) in [6.45, 7) is 3.96. The van der Waals surface area contributed by atoms with Gasteiger partial charge in [-0.05, 0) is 19.9 Å². The first-order valence-corrected chi connectivity index (χ1v) is 5.54. The highest BCUT2D eigenvalue weighted by Crippen LogP contribution is 2.17. The van der Waals surface area contributed by atoms with Crippen molar-refractivity contribution in [2.24, 2.45) is 0 Å². The summed E-state index contributed by atoms with van der Waals surface area (Å²) in [5.74, 6) is -1.07. The standard InChI is InChI=1S/C12H13N3O3/c1-3-14-15-7(2)10(12(17)18)9-6-13-5-4-8(9)11(15)16/h4-6,14H,3H2,1-2H3,(H,17,18). The summed E-state index contributed by atoms with van der Waals surface area (Å²) in [6.07, 6.45) is 2.88. The third-order valence-electron chi connectivity index (χ3n) is 2.75. The Morgan fingerprint density at radius 1 is 1.50 bits per heavy atom. The maximum Gasteiger partial charge on any atom is 0.338 e. The zero-order valence-corrected chi connectivity index (χ0v) is 10.1. The highest BCUT2D eigenvalue weighted by atomic mass is 16.4. The number of carbonyl (C=O) groups is 1. The van der Waals surface area contributed by atoms with Gasteiger partial charge in [-0.25, -0.2) is 9.47 Å². The first-order chi connectivity index (χ1) is 8.57. The molecule has 0 unspecified atom stereocenters. The van der Waals surface area contributed by atoms with E-state index in [0.29, 0.717) is 23.0 Å². The van der Waals surface area contributed by atoms with Crippen LogP contribution in [0.5, 0.6) is 0 Å². The largest absolute Gasteiger partial charge is 0.478 e. The van der Waals surface area contributed by atoms with Gasteiger partial charge in [-0.1, -0.05) is 0 Å². The van der Waals surface area contributed by atoms with Crippen molar-refractivity contribution in [3.8, 4) is 0 Å². The summed E-state index contributed by atoms with van der Waals surface area (Å²) in [4.78, 5) is 27.4. The quantitative estimate of drug-likeness (QED) is 0.844. The molecule has 0 bridgehead atoms. The second-order valence-corrected chi connectivity index (χ2v) is 3.84. The van der Waals surface area contributed by atoms with Gasteiger partial charge >= 0.3 is 5.97 Å². The van der Waals surface area contributed by atoms with Crippen LogP contribution < -0.4 is 11.0 Å². The smallest absolute Gasteiger partial charge is 0.338 e. The Kier molecular flexibility index (Phi) is 3.01. The van der Waals surface area contributed by atoms with Gasteiger partial charge in [-0.15, -0.1) is 0 Å². The van der Waals surface area contributed by atoms with Crippen LogP contribution in [0, 0.1) is 6.92 Å². The number of aromatic carboxylic acids is 1. The number of fused-ring (bicyclic) bond motifs is 1. The van der Waals surface area contributed by atoms with Crippen molar-refractivity contribution in [2.45, 2.75) is 13.8 Å². The molecule has 18 heavy (non-hydrogen) atoms. The van der Waals surface area contributed by atoms with E-state index in [-0.39, 0.29) is 11.1 Å². The molecular weight excluding hydrogens is 234 g/mol. The normalized spacial score (nSPS) is 10.6. The molecule has 2 aromatic heterocycles. The zero-order chi connectivity index (χ0) is 13.3. The summed E-state index contributed by atoms with van der Waals surface area (Å²) < 4.78 is 1.27. The molecule has 6 heteroatoms. The van der Waals surface area contributed by atoms with E-state index in [9.17, 15) is 14.7 Å². The van der Waals surface area contributed by atoms with E-state index in [1.807, 2.05) is 6.92 Å². The number of aromatic nitrogens is 2. The van der Waals surface area contributed by atoms with E-state index in [4.69, 9.17) is 0 Å². The fourth-order valence-corrected chi connectivity index (χ4v) is 1.98. The molecule has 2 aromatic rings. The minimum atomic E-state index is -1.07. The molecule has 0 atom stereocenters. The van der Waals surface area contributed by atoms with Gasteiger partial charge in [0.05, 0.1) is 16.6 Å². The lowest BCUT2D eigenvalue weighted by molar-refractivity contribution is 0.0697. The first kappa shape index (κ1) is 12.1. The van der Waals surface area contributed by atoms with E-state index in [0.717, 1.165) is 0 Å². The van der Waals surface area contributed by atoms with Crippen molar-refractivity contribution in [3.63, 3.8) is 0 Å². The fraction of sp³-hybridized carbons (Fsp3) is 0.250. The highest BCUT2D eigenvalue weighted by molar-refractivity contribution is 6.03. The lowest BCUT2D eigenvalue weighted by atomic mass is 10.1. The Hall–Kier alpha value is -2.37. The van der Waals surface area contributed by atoms with Gasteiger partial charge in [0.2, 0.25) is 0 Å². The van der Waals surface area contributed by atoms with Gasteiger partial charge < -0.3 is 10.5 Å². The average molecular weight is 247 g/mol. The summed E-state index contributed by atoms with van der Waals surface area (Å²) in [5, 5.41) is 9.98. The number of pyridine rings is 2. The first-order valence-electron chi connectivity index (χ1n) is 5.54. The van der Waals surface area contributed by atoms with Gasteiger partial charge in [-0.3, -0.25) is 9.78 Å². The van der Waals surface area contributed by atoms with Crippen molar-refractivity contribution < 1.29 is 9.90 Å². The molecule has 0 aliphatic carbocycles. The molecule has 2 rings (SSSR count). The minimum absolute atomic E-state index is 0.0960. The zero-order valence-electron chi connectivity index (χ0n) is 10.1. The van der Waals surface area contributed by atoms with Crippen molar-refractivity contribution in [1.82, 2.24) is 9.66 Å². The predicted molar refractivity (Wildman–Crippen MR) is 67.6 cm³/mol. The molecule has 6 nitrogen and oxygen atoms in total. The fourth-order valence-electron chi connectivity index (χ4n) is 1.98. The van der Waals surface area contributed by atoms with Crippen LogP contribution in [0.2, 0.25) is 0 Å². The van der Waals surface area contributed by atoms with Gasteiger partial charge in [0, 0.05) is 24.3 Å². The Bertz CT molecular complexity index is 676. The van der Waals surface area contributed by atoms with Crippen LogP contribution in [0.25, 0.3) is 10.8 Å². The van der Waals surface area contributed by atoms with Gasteiger partial charge in [0.25, 0.3) is 5.56 Å². The summed E-state index contributed by atoms with van der Waals surface area (Å²) in [7, 11) is 0. The van der Waals surface area contributed by atoms with E-state index >= 15 is 0 Å². The third-order valence-corrected chi connectivity index (χ3v) is 2.75. The molecule has 0 aromatic carbocycles. The van der Waals surface area contributed by atoms with Gasteiger partial charge in [0.15, 0.2) is 0 Å². The van der Waals surface area contributed by atoms with Crippen LogP contribution in [-0.4, -0.2) is 27.3 Å². The molecule has 0 radical (unpaired) electrons. The van der Waals surface area contributed by atoms with Crippen LogP contribution in [0.4, 0.5) is 0 Å². The van der Waals surface area contributed by atoms with Crippen molar-refractivity contribution in [1.29, 1.82) is 0 Å². The number of nitrogens with zero attached hydrogens (tertiary/aromatic N) is 2. The molecule has 0 fully saturated rings. The monoisotopic (exact) mass is 247 g/mol. The number of carboxylic acids is 1. The summed E-state index contributed by atoms with van der Waals surface area (Å²) in [5.41, 5.74) is 3.05. The highest BCUT2D eigenvalue weighted by Gasteiger charge is 2.18. The second kappa shape index (κ2) is 4.48. The lowest BCUT2D eigenvalue weighted by Crippen LogP contribution is -2.32. The molecule has 0 saturated heterocycles. The summed E-state index contributed by atoms with van der Waals surface area (Å²) in [6, 6.07) is 1.53. The molecular formula is C12H13N3O3. The van der Waals surface area contributed by atoms with E-state index < -0.39 is 5.97 Å². The Labute approximate surface area is 103 Å². The predicted octanol–water partition coefficient (Wildman–Crippen LogP) is 0.967. The third kappa shape index (κ3) is 1.71. The van der Waals surface area contributed by atoms with E-state index in [1.54, 1.807) is 6.92 Å². The number of nitrogens with one attached hydrogen (secondary N) is 1. The maximum absolute atomic E-state index is 12.2. The minimum Gasteiger partial charge on any atom is -0.478 e. The van der Waals surface area contributed by atoms with Crippen molar-refractivity contribution in [3.05, 3.63) is 40.1 Å². The van der Waals surface area contributed by atoms with Crippen LogP contribution in [0.15, 0.2) is 23.3 Å². The lowest BCUT2D eigenvalue weighted by Gasteiger charge is -2.15. The van der Waals surface area contributed by atoms with Crippen LogP contribution in [-0.2, 0) is 0 Å².